The van der Waals surface area contributed by atoms with Gasteiger partial charge in [0.1, 0.15) is 5.75 Å². The van der Waals surface area contributed by atoms with Crippen LogP contribution in [-0.4, -0.2) is 75.0 Å². The van der Waals surface area contributed by atoms with Crippen molar-refractivity contribution in [3.63, 3.8) is 0 Å². The molecule has 0 radical (unpaired) electrons. The van der Waals surface area contributed by atoms with E-state index in [2.05, 4.69) is 0 Å². The Kier molecular flexibility index (Phi) is 4.83. The minimum absolute atomic E-state index is 0.0450. The molecule has 4 rings (SSSR count). The number of primary amides is 1. The van der Waals surface area contributed by atoms with Gasteiger partial charge in [0.25, 0.3) is 0 Å². The summed E-state index contributed by atoms with van der Waals surface area (Å²) in [6, 6.07) is 1.43. The van der Waals surface area contributed by atoms with Crippen LogP contribution in [0.15, 0.2) is 12.1 Å². The summed E-state index contributed by atoms with van der Waals surface area (Å²) in [5.74, 6) is -12.5. The third-order valence-electron chi connectivity index (χ3n) is 7.55. The van der Waals surface area contributed by atoms with Crippen molar-refractivity contribution in [2.75, 3.05) is 19.8 Å². The number of benzene rings is 1. The van der Waals surface area contributed by atoms with E-state index in [-0.39, 0.29) is 23.2 Å². The highest BCUT2D eigenvalue weighted by Gasteiger charge is 2.71. The molecule has 1 aromatic rings. The maximum atomic E-state index is 13.7. The van der Waals surface area contributed by atoms with Gasteiger partial charge in [-0.3, -0.25) is 28.9 Å². The molecular weight excluding hydrogens is 434 g/mol. The zero-order chi connectivity index (χ0) is 24.8. The number of rotatable bonds is 2. The van der Waals surface area contributed by atoms with Gasteiger partial charge in [-0.05, 0) is 39.1 Å². The molecule has 0 saturated heterocycles. The molecule has 0 aliphatic heterocycles. The summed E-state index contributed by atoms with van der Waals surface area (Å²) in [5, 5.41) is 33.4. The van der Waals surface area contributed by atoms with Crippen molar-refractivity contribution in [2.45, 2.75) is 30.6 Å². The van der Waals surface area contributed by atoms with Gasteiger partial charge >= 0.3 is 0 Å². The Bertz CT molecular complexity index is 1140. The first-order chi connectivity index (χ1) is 15.2. The number of Topliss-reactive ketones (excluding diaryl/α,β-unsaturated/α-hetero) is 4. The van der Waals surface area contributed by atoms with E-state index in [1.807, 2.05) is 0 Å². The van der Waals surface area contributed by atoms with E-state index < -0.39 is 75.7 Å². The Hall–Kier alpha value is -3.15. The molecule has 3 aliphatic rings. The molecule has 1 aromatic carbocycles. The number of carbonyl (C=O) groups is 5. The lowest BCUT2D eigenvalue weighted by atomic mass is 9.49. The zero-order valence-corrected chi connectivity index (χ0v) is 18.2. The molecule has 2 saturated carbocycles. The van der Waals surface area contributed by atoms with Crippen molar-refractivity contribution < 1.29 is 39.3 Å². The summed E-state index contributed by atoms with van der Waals surface area (Å²) in [6.07, 6.45) is -0.262. The van der Waals surface area contributed by atoms with E-state index in [0.717, 1.165) is 0 Å². The Morgan fingerprint density at radius 2 is 1.70 bits per heavy atom. The Morgan fingerprint density at radius 1 is 1.09 bits per heavy atom. The molecule has 0 aromatic heterocycles. The summed E-state index contributed by atoms with van der Waals surface area (Å²) in [4.78, 5) is 66.6. The number of anilines is 1. The number of phenols is 1. The number of hydrogen-bond acceptors (Lipinski definition) is 10. The highest BCUT2D eigenvalue weighted by Crippen LogP contribution is 2.56. The van der Waals surface area contributed by atoms with Gasteiger partial charge < -0.3 is 26.8 Å². The average molecular weight is 459 g/mol. The molecule has 7 N–H and O–H groups in total. The number of hydrogen-bond donors (Lipinski definition) is 5. The number of carbonyl (C=O) groups excluding carboxylic acids is 5. The molecule has 2 unspecified atom stereocenters. The van der Waals surface area contributed by atoms with Crippen LogP contribution in [0.5, 0.6) is 5.75 Å². The number of likely N-dealkylation sites (N-methyl/N-ethyl adjacent to an activating group) is 1. The molecule has 7 atom stereocenters. The number of nitrogen functional groups attached to an aromatic ring is 1. The summed E-state index contributed by atoms with van der Waals surface area (Å²) in [6.45, 7) is 1.35. The van der Waals surface area contributed by atoms with Gasteiger partial charge in [-0.25, -0.2) is 0 Å². The van der Waals surface area contributed by atoms with E-state index in [4.69, 9.17) is 11.5 Å². The fraction of sp³-hybridized carbons (Fsp3) is 0.500. The van der Waals surface area contributed by atoms with Crippen LogP contribution in [0.4, 0.5) is 5.69 Å². The van der Waals surface area contributed by atoms with Crippen LogP contribution >= 0.6 is 0 Å². The summed E-state index contributed by atoms with van der Waals surface area (Å²) in [7, 11) is 2.96. The molecule has 1 amide bonds. The fourth-order valence-corrected chi connectivity index (χ4v) is 5.94. The molecule has 176 valence electrons. The van der Waals surface area contributed by atoms with E-state index in [1.165, 1.54) is 38.1 Å². The molecule has 0 spiro atoms. The number of aromatic hydroxyl groups is 1. The molecular formula is C22H25N3O8. The van der Waals surface area contributed by atoms with E-state index >= 15 is 0 Å². The maximum Gasteiger partial charge on any atom is 0.235 e. The van der Waals surface area contributed by atoms with Gasteiger partial charge in [-0.2, -0.15) is 0 Å². The van der Waals surface area contributed by atoms with Gasteiger partial charge in [-0.1, -0.05) is 6.07 Å². The van der Waals surface area contributed by atoms with Crippen LogP contribution in [0.2, 0.25) is 0 Å². The largest absolute Gasteiger partial charge is 0.505 e. The van der Waals surface area contributed by atoms with Gasteiger partial charge in [0.15, 0.2) is 34.7 Å². The van der Waals surface area contributed by atoms with Crippen molar-refractivity contribution >= 4 is 34.7 Å². The lowest BCUT2D eigenvalue weighted by Crippen LogP contribution is -2.75. The molecule has 0 bridgehead atoms. The number of nitrogens with two attached hydrogens (primary N) is 2. The Morgan fingerprint density at radius 3 is 2.24 bits per heavy atom. The average Bonchev–Trinajstić information content (AvgIpc) is 2.70. The van der Waals surface area contributed by atoms with Gasteiger partial charge in [0.05, 0.1) is 28.8 Å². The van der Waals surface area contributed by atoms with Gasteiger partial charge in [-0.15, -0.1) is 0 Å². The van der Waals surface area contributed by atoms with E-state index in [9.17, 15) is 39.3 Å². The van der Waals surface area contributed by atoms with Crippen LogP contribution in [0.25, 0.3) is 0 Å². The minimum Gasteiger partial charge on any atom is -0.505 e. The first-order valence-electron chi connectivity index (χ1n) is 10.4. The monoisotopic (exact) mass is 459 g/mol. The van der Waals surface area contributed by atoms with Crippen molar-refractivity contribution in [3.05, 3.63) is 23.3 Å². The predicted molar refractivity (Wildman–Crippen MR) is 112 cm³/mol. The highest BCUT2D eigenvalue weighted by molar-refractivity contribution is 6.32. The number of amides is 1. The number of nitrogens with zero attached hydrogens (tertiary/aromatic N) is 1. The molecule has 0 heterocycles. The number of ketones is 4. The van der Waals surface area contributed by atoms with Gasteiger partial charge in [0, 0.05) is 11.8 Å². The van der Waals surface area contributed by atoms with Crippen LogP contribution in [0, 0.1) is 23.7 Å². The molecule has 3 aliphatic carbocycles. The first kappa shape index (κ1) is 23.0. The second-order valence-electron chi connectivity index (χ2n) is 9.51. The van der Waals surface area contributed by atoms with E-state index in [1.54, 1.807) is 0 Å². The predicted octanol–water partition coefficient (Wildman–Crippen LogP) is -1.89. The Labute approximate surface area is 188 Å². The molecule has 33 heavy (non-hydrogen) atoms. The molecule has 11 heteroatoms. The van der Waals surface area contributed by atoms with Crippen molar-refractivity contribution in [3.8, 4) is 5.75 Å². The second kappa shape index (κ2) is 6.92. The maximum absolute atomic E-state index is 13.7. The minimum atomic E-state index is -2.86. The summed E-state index contributed by atoms with van der Waals surface area (Å²) >= 11 is 0. The summed E-state index contributed by atoms with van der Waals surface area (Å²) in [5.41, 5.74) is 5.78. The normalized spacial score (nSPS) is 38.1. The summed E-state index contributed by atoms with van der Waals surface area (Å²) < 4.78 is 0. The van der Waals surface area contributed by atoms with Crippen molar-refractivity contribution in [1.82, 2.24) is 4.90 Å². The lowest BCUT2D eigenvalue weighted by Gasteiger charge is -2.55. The third kappa shape index (κ3) is 2.69. The van der Waals surface area contributed by atoms with Crippen LogP contribution in [-0.2, 0) is 24.8 Å². The van der Waals surface area contributed by atoms with Gasteiger partial charge in [0.2, 0.25) is 5.91 Å². The highest BCUT2D eigenvalue weighted by atomic mass is 16.3. The second-order valence-corrected chi connectivity index (χ2v) is 9.51. The number of fused-ring (bicyclic) bond motifs is 3. The Balaban J connectivity index is 1.96. The number of aliphatic hydroxyl groups is 2. The lowest BCUT2D eigenvalue weighted by molar-refractivity contribution is -0.188. The van der Waals surface area contributed by atoms with Crippen LogP contribution in [0.3, 0.4) is 0 Å². The van der Waals surface area contributed by atoms with Crippen molar-refractivity contribution in [1.29, 1.82) is 0 Å². The topological polar surface area (TPSA) is 201 Å². The van der Waals surface area contributed by atoms with Crippen LogP contribution in [0.1, 0.15) is 29.3 Å². The van der Waals surface area contributed by atoms with Crippen LogP contribution < -0.4 is 11.5 Å². The number of phenolic OH excluding ortho intramolecular Hbond substituents is 1. The SMILES string of the molecule is CN(C)[C@@H]1C(=O)C(C(N)=O)C(=O)[C@@]2(O)C(=O)C3C(=O)c4c(ccc(N)c4O)[C@@](C)(O)[C@H]3C[C@@H]12. The molecule has 2 fully saturated rings. The molecule has 11 nitrogen and oxygen atoms in total. The smallest absolute Gasteiger partial charge is 0.235 e. The fourth-order valence-electron chi connectivity index (χ4n) is 5.94. The van der Waals surface area contributed by atoms with Crippen molar-refractivity contribution in [2.24, 2.45) is 29.4 Å². The zero-order valence-electron chi connectivity index (χ0n) is 18.2. The third-order valence-corrected chi connectivity index (χ3v) is 7.55. The first-order valence-corrected chi connectivity index (χ1v) is 10.4. The standard InChI is InChI=1S/C22H25N3O8/c1-21(32)7-4-5-10(23)15(26)11(7)16(27)12-8(21)6-9-14(25(2)3)17(28)13(20(24)31)19(30)22(9,33)18(12)29/h4-5,8-9,12-14,26,32-33H,6,23H2,1-3H3,(H2,24,31)/t8-,9-,12?,13?,14-,21+,22-/m0/s1. The van der Waals surface area contributed by atoms with E-state index in [0.29, 0.717) is 0 Å². The quantitative estimate of drug-likeness (QED) is 0.189.